The van der Waals surface area contributed by atoms with E-state index >= 15 is 0 Å². The fourth-order valence-corrected chi connectivity index (χ4v) is 5.75. The van der Waals surface area contributed by atoms with E-state index in [-0.39, 0.29) is 12.5 Å². The second-order valence-corrected chi connectivity index (χ2v) is 9.62. The van der Waals surface area contributed by atoms with E-state index in [0.717, 1.165) is 28.8 Å². The fraction of sp³-hybridized carbons (Fsp3) is 0.550. The number of nitrogens with two attached hydrogens (primary N) is 1. The quantitative estimate of drug-likeness (QED) is 0.299. The Labute approximate surface area is 191 Å². The van der Waals surface area contributed by atoms with Gasteiger partial charge in [-0.05, 0) is 18.9 Å². The molecule has 2 aliphatic heterocycles. The highest BCUT2D eigenvalue weighted by Crippen LogP contribution is 2.36. The van der Waals surface area contributed by atoms with E-state index in [2.05, 4.69) is 28.3 Å². The summed E-state index contributed by atoms with van der Waals surface area (Å²) >= 11 is 1.61. The SMILES string of the molecule is CCCc1cc2c(C3CC[n+]4c(C(F)(F)F)n[nH]c4C3)nc(N3CC(=NO)C(N)C3)nc2s1. The maximum atomic E-state index is 13.3. The van der Waals surface area contributed by atoms with Crippen LogP contribution in [-0.4, -0.2) is 50.2 Å². The van der Waals surface area contributed by atoms with Crippen LogP contribution in [0, 0.1) is 0 Å². The number of rotatable bonds is 4. The summed E-state index contributed by atoms with van der Waals surface area (Å²) in [6.07, 6.45) is -1.70. The minimum Gasteiger partial charge on any atom is -0.411 e. The molecule has 9 nitrogen and oxygen atoms in total. The van der Waals surface area contributed by atoms with Crippen molar-refractivity contribution in [3.63, 3.8) is 0 Å². The summed E-state index contributed by atoms with van der Waals surface area (Å²) in [7, 11) is 0. The Morgan fingerprint density at radius 2 is 2.21 bits per heavy atom. The van der Waals surface area contributed by atoms with Crippen LogP contribution in [0.4, 0.5) is 19.1 Å². The van der Waals surface area contributed by atoms with Gasteiger partial charge in [0.25, 0.3) is 0 Å². The number of nitrogens with zero attached hydrogens (tertiary/aromatic N) is 6. The van der Waals surface area contributed by atoms with E-state index in [1.807, 2.05) is 4.90 Å². The van der Waals surface area contributed by atoms with E-state index in [0.29, 0.717) is 43.4 Å². The molecular formula is C20H24F3N8OS+. The number of nitrogens with one attached hydrogen (secondary N) is 1. The summed E-state index contributed by atoms with van der Waals surface area (Å²) in [5, 5.41) is 19.5. The first kappa shape index (κ1) is 22.0. The fourth-order valence-electron chi connectivity index (χ4n) is 4.62. The van der Waals surface area contributed by atoms with Gasteiger partial charge in [0.1, 0.15) is 4.83 Å². The van der Waals surface area contributed by atoms with Crippen molar-refractivity contribution in [3.05, 3.63) is 28.3 Å². The molecule has 3 aromatic rings. The highest BCUT2D eigenvalue weighted by Gasteiger charge is 2.46. The first-order valence-electron chi connectivity index (χ1n) is 10.8. The molecule has 1 fully saturated rings. The molecule has 0 saturated carbocycles. The Morgan fingerprint density at radius 1 is 1.39 bits per heavy atom. The van der Waals surface area contributed by atoms with Crippen LogP contribution in [0.5, 0.6) is 0 Å². The van der Waals surface area contributed by atoms with Gasteiger partial charge in [0.05, 0.1) is 30.5 Å². The largest absolute Gasteiger partial charge is 0.485 e. The minimum atomic E-state index is -4.50. The summed E-state index contributed by atoms with van der Waals surface area (Å²) in [4.78, 5) is 13.6. The van der Waals surface area contributed by atoms with Crippen LogP contribution < -0.4 is 15.2 Å². The molecule has 3 aromatic heterocycles. The molecule has 0 bridgehead atoms. The zero-order valence-corrected chi connectivity index (χ0v) is 18.7. The predicted octanol–water partition coefficient (Wildman–Crippen LogP) is 2.38. The summed E-state index contributed by atoms with van der Waals surface area (Å²) in [5.41, 5.74) is 7.35. The van der Waals surface area contributed by atoms with Gasteiger partial charge in [-0.3, -0.25) is 0 Å². The third-order valence-electron chi connectivity index (χ3n) is 6.22. The van der Waals surface area contributed by atoms with Crippen molar-refractivity contribution in [1.29, 1.82) is 0 Å². The van der Waals surface area contributed by atoms with Crippen molar-refractivity contribution in [2.45, 2.75) is 57.3 Å². The number of thiophene rings is 1. The standard InChI is InChI=1S/C20H23F3N8OS/c1-2-3-11-7-12-16(10-4-5-31-15(6-10)27-28-18(31)20(21,22)23)25-19(26-17(12)33-11)30-8-13(24)14(9-30)29-32/h7,10,13,32H,2-6,8-9,24H2,1H3/p+1. The average molecular weight is 482 g/mol. The van der Waals surface area contributed by atoms with Gasteiger partial charge in [0, 0.05) is 34.2 Å². The Bertz CT molecular complexity index is 1220. The molecule has 0 spiro atoms. The summed E-state index contributed by atoms with van der Waals surface area (Å²) in [6.45, 7) is 3.07. The van der Waals surface area contributed by atoms with Crippen molar-refractivity contribution in [1.82, 2.24) is 20.2 Å². The third kappa shape index (κ3) is 3.92. The summed E-state index contributed by atoms with van der Waals surface area (Å²) in [5.74, 6) is -0.0430. The second-order valence-electron chi connectivity index (χ2n) is 8.50. The van der Waals surface area contributed by atoms with Crippen LogP contribution in [0.3, 0.4) is 0 Å². The van der Waals surface area contributed by atoms with Crippen LogP contribution in [0.2, 0.25) is 0 Å². The Hall–Kier alpha value is -2.80. The number of hydrogen-bond donors (Lipinski definition) is 3. The van der Waals surface area contributed by atoms with Gasteiger partial charge in [0.15, 0.2) is 0 Å². The zero-order chi connectivity index (χ0) is 23.3. The molecule has 2 aliphatic rings. The molecular weight excluding hydrogens is 457 g/mol. The molecule has 5 rings (SSSR count). The lowest BCUT2D eigenvalue weighted by Crippen LogP contribution is -2.47. The lowest BCUT2D eigenvalue weighted by Gasteiger charge is -2.22. The lowest BCUT2D eigenvalue weighted by molar-refractivity contribution is -0.727. The molecule has 176 valence electrons. The molecule has 0 amide bonds. The number of fused-ring (bicyclic) bond motifs is 2. The molecule has 0 aromatic carbocycles. The summed E-state index contributed by atoms with van der Waals surface area (Å²) < 4.78 is 41.0. The van der Waals surface area contributed by atoms with Crippen LogP contribution in [0.1, 0.15) is 47.9 Å². The maximum Gasteiger partial charge on any atom is 0.485 e. The Kier molecular flexibility index (Phi) is 5.47. The van der Waals surface area contributed by atoms with E-state index in [4.69, 9.17) is 15.7 Å². The molecule has 0 radical (unpaired) electrons. The molecule has 33 heavy (non-hydrogen) atoms. The number of aryl methyl sites for hydroxylation is 1. The van der Waals surface area contributed by atoms with Crippen molar-refractivity contribution in [2.75, 3.05) is 18.0 Å². The molecule has 2 unspecified atom stereocenters. The van der Waals surface area contributed by atoms with E-state index < -0.39 is 18.0 Å². The molecule has 13 heteroatoms. The van der Waals surface area contributed by atoms with E-state index in [9.17, 15) is 18.4 Å². The van der Waals surface area contributed by atoms with Gasteiger partial charge < -0.3 is 15.8 Å². The highest BCUT2D eigenvalue weighted by atomic mass is 32.1. The summed E-state index contributed by atoms with van der Waals surface area (Å²) in [6, 6.07) is 1.70. The minimum absolute atomic E-state index is 0.0814. The maximum absolute atomic E-state index is 13.3. The van der Waals surface area contributed by atoms with E-state index in [1.54, 1.807) is 11.3 Å². The van der Waals surface area contributed by atoms with Gasteiger partial charge in [-0.2, -0.15) is 13.2 Å². The number of anilines is 1. The van der Waals surface area contributed by atoms with Gasteiger partial charge in [-0.1, -0.05) is 18.5 Å². The normalized spacial score (nSPS) is 22.5. The number of oxime groups is 1. The number of aromatic nitrogens is 5. The highest BCUT2D eigenvalue weighted by molar-refractivity contribution is 7.18. The molecule has 0 aliphatic carbocycles. The van der Waals surface area contributed by atoms with Gasteiger partial charge in [-0.25, -0.2) is 14.5 Å². The molecule has 5 heterocycles. The second kappa shape index (κ2) is 8.20. The van der Waals surface area contributed by atoms with Crippen molar-refractivity contribution in [2.24, 2.45) is 10.9 Å². The Morgan fingerprint density at radius 3 is 2.91 bits per heavy atom. The van der Waals surface area contributed by atoms with Crippen molar-refractivity contribution in [3.8, 4) is 0 Å². The zero-order valence-electron chi connectivity index (χ0n) is 17.9. The van der Waals surface area contributed by atoms with Crippen molar-refractivity contribution >= 4 is 33.2 Å². The first-order chi connectivity index (χ1) is 15.8. The number of aromatic amines is 1. The molecule has 4 N–H and O–H groups in total. The van der Waals surface area contributed by atoms with Crippen LogP contribution in [0.25, 0.3) is 10.2 Å². The van der Waals surface area contributed by atoms with Gasteiger partial charge in [-0.15, -0.1) is 16.4 Å². The Balaban J connectivity index is 1.55. The lowest BCUT2D eigenvalue weighted by atomic mass is 9.92. The number of halogens is 3. The molecule has 1 saturated heterocycles. The van der Waals surface area contributed by atoms with Gasteiger partial charge in [0.2, 0.25) is 11.8 Å². The molecule has 2 atom stereocenters. The topological polar surface area (TPSA) is 120 Å². The average Bonchev–Trinajstić information content (AvgIpc) is 3.47. The smallest absolute Gasteiger partial charge is 0.411 e. The van der Waals surface area contributed by atoms with Crippen LogP contribution in [-0.2, 0) is 25.6 Å². The number of H-pyrrole nitrogens is 1. The van der Waals surface area contributed by atoms with E-state index in [1.165, 1.54) is 9.44 Å². The number of hydrogen-bond acceptors (Lipinski definition) is 8. The van der Waals surface area contributed by atoms with Crippen LogP contribution in [0.15, 0.2) is 11.2 Å². The third-order valence-corrected chi connectivity index (χ3v) is 7.31. The predicted molar refractivity (Wildman–Crippen MR) is 116 cm³/mol. The van der Waals surface area contributed by atoms with Crippen molar-refractivity contribution < 1.29 is 22.9 Å². The van der Waals surface area contributed by atoms with Crippen LogP contribution >= 0.6 is 11.3 Å². The first-order valence-corrected chi connectivity index (χ1v) is 11.7. The number of alkyl halides is 3. The monoisotopic (exact) mass is 481 g/mol. The van der Waals surface area contributed by atoms with Gasteiger partial charge >= 0.3 is 12.0 Å².